The molecule has 0 unspecified atom stereocenters. The highest BCUT2D eigenvalue weighted by atomic mass is 16.6. The molecule has 2 atom stereocenters. The monoisotopic (exact) mass is 552 g/mol. The summed E-state index contributed by atoms with van der Waals surface area (Å²) >= 11 is 0. The number of carbonyl (C=O) groups excluding carboxylic acids is 2. The minimum Gasteiger partial charge on any atom is -0.482 e. The fraction of sp³-hybridized carbons (Fsp3) is 0.258. The van der Waals surface area contributed by atoms with Crippen LogP contribution >= 0.6 is 0 Å². The van der Waals surface area contributed by atoms with Crippen molar-refractivity contribution in [1.29, 1.82) is 0 Å². The van der Waals surface area contributed by atoms with Crippen LogP contribution in [0.2, 0.25) is 0 Å². The number of aromatic nitrogens is 3. The van der Waals surface area contributed by atoms with Gasteiger partial charge in [-0.05, 0) is 59.9 Å². The van der Waals surface area contributed by atoms with Gasteiger partial charge in [0.2, 0.25) is 5.95 Å². The van der Waals surface area contributed by atoms with E-state index in [0.717, 1.165) is 16.7 Å². The first-order valence-electron chi connectivity index (χ1n) is 13.5. The largest absolute Gasteiger partial charge is 0.482 e. The lowest BCUT2D eigenvalue weighted by Gasteiger charge is -2.23. The number of nitrogens with zero attached hydrogens (tertiary/aromatic N) is 4. The summed E-state index contributed by atoms with van der Waals surface area (Å²) in [6.07, 6.45) is 4.46. The van der Waals surface area contributed by atoms with E-state index < -0.39 is 0 Å². The van der Waals surface area contributed by atoms with Crippen molar-refractivity contribution in [1.82, 2.24) is 15.0 Å². The number of amides is 2. The van der Waals surface area contributed by atoms with Crippen LogP contribution in [0.15, 0.2) is 85.3 Å². The van der Waals surface area contributed by atoms with Crippen LogP contribution in [0.4, 0.5) is 22.2 Å². The quantitative estimate of drug-likeness (QED) is 0.257. The molecule has 5 rings (SSSR count). The average Bonchev–Trinajstić information content (AvgIpc) is 3.39. The van der Waals surface area contributed by atoms with E-state index in [1.807, 2.05) is 43.3 Å². The van der Waals surface area contributed by atoms with Gasteiger partial charge in [-0.15, -0.1) is 0 Å². The van der Waals surface area contributed by atoms with E-state index in [1.54, 1.807) is 41.7 Å². The Bertz CT molecular complexity index is 1480. The van der Waals surface area contributed by atoms with Crippen LogP contribution in [0.5, 0.6) is 5.75 Å². The zero-order valence-electron chi connectivity index (χ0n) is 23.2. The number of cyclic esters (lactones) is 1. The molecule has 2 aromatic carbocycles. The van der Waals surface area contributed by atoms with E-state index >= 15 is 0 Å². The zero-order chi connectivity index (χ0) is 28.8. The topological polar surface area (TPSA) is 119 Å². The Morgan fingerprint density at radius 1 is 1.02 bits per heavy atom. The van der Waals surface area contributed by atoms with Crippen molar-refractivity contribution in [2.45, 2.75) is 32.9 Å². The molecule has 2 aromatic heterocycles. The smallest absolute Gasteiger partial charge is 0.415 e. The van der Waals surface area contributed by atoms with E-state index in [-0.39, 0.29) is 36.6 Å². The second kappa shape index (κ2) is 12.5. The molecular weight excluding hydrogens is 520 g/mol. The number of benzene rings is 2. The predicted octanol–water partition coefficient (Wildman–Crippen LogP) is 5.71. The predicted molar refractivity (Wildman–Crippen MR) is 157 cm³/mol. The summed E-state index contributed by atoms with van der Waals surface area (Å²) in [5.74, 6) is 1.48. The number of hydrogen-bond acceptors (Lipinski definition) is 8. The summed E-state index contributed by atoms with van der Waals surface area (Å²) < 4.78 is 10.7. The number of ether oxygens (including phenoxy) is 2. The highest BCUT2D eigenvalue weighted by Crippen LogP contribution is 2.28. The molecule has 1 aliphatic heterocycles. The maximum absolute atomic E-state index is 12.3. The molecule has 1 fully saturated rings. The fourth-order valence-corrected chi connectivity index (χ4v) is 4.51. The van der Waals surface area contributed by atoms with Gasteiger partial charge in [0.15, 0.2) is 6.61 Å². The van der Waals surface area contributed by atoms with Crippen molar-refractivity contribution in [3.8, 4) is 16.9 Å². The van der Waals surface area contributed by atoms with Crippen molar-refractivity contribution in [2.24, 2.45) is 5.92 Å². The highest BCUT2D eigenvalue weighted by molar-refractivity contribution is 5.92. The zero-order valence-corrected chi connectivity index (χ0v) is 23.2. The molecule has 0 bridgehead atoms. The first kappa shape index (κ1) is 27.6. The molecule has 210 valence electrons. The Morgan fingerprint density at radius 2 is 1.76 bits per heavy atom. The third kappa shape index (κ3) is 6.78. The SMILES string of the molecule is CC(C)[C@H]1COC(=O)N1c1ccnc(N[C@@H](C)c2ccc(-c3ccc(NC(=O)COc4cccnc4)cc3)cc2)n1. The van der Waals surface area contributed by atoms with Gasteiger partial charge in [0.05, 0.1) is 18.3 Å². The van der Waals surface area contributed by atoms with Crippen molar-refractivity contribution >= 4 is 29.5 Å². The molecule has 0 aliphatic carbocycles. The van der Waals surface area contributed by atoms with Gasteiger partial charge in [0.25, 0.3) is 5.91 Å². The summed E-state index contributed by atoms with van der Waals surface area (Å²) in [7, 11) is 0. The van der Waals surface area contributed by atoms with Gasteiger partial charge in [-0.3, -0.25) is 14.7 Å². The summed E-state index contributed by atoms with van der Waals surface area (Å²) in [5.41, 5.74) is 3.81. The molecule has 10 nitrogen and oxygen atoms in total. The van der Waals surface area contributed by atoms with Crippen LogP contribution in [0, 0.1) is 5.92 Å². The van der Waals surface area contributed by atoms with Crippen molar-refractivity contribution in [2.75, 3.05) is 28.7 Å². The molecule has 0 saturated carbocycles. The number of carbonyl (C=O) groups is 2. The molecule has 1 aliphatic rings. The number of pyridine rings is 1. The van der Waals surface area contributed by atoms with Crippen molar-refractivity contribution in [3.63, 3.8) is 0 Å². The van der Waals surface area contributed by atoms with Gasteiger partial charge in [-0.25, -0.2) is 9.78 Å². The summed E-state index contributed by atoms with van der Waals surface area (Å²) in [6.45, 7) is 6.40. The number of anilines is 3. The van der Waals surface area contributed by atoms with Crippen LogP contribution in [0.25, 0.3) is 11.1 Å². The van der Waals surface area contributed by atoms with E-state index in [4.69, 9.17) is 9.47 Å². The van der Waals surface area contributed by atoms with Crippen LogP contribution in [-0.2, 0) is 9.53 Å². The minimum atomic E-state index is -0.387. The summed E-state index contributed by atoms with van der Waals surface area (Å²) in [4.78, 5) is 39.1. The van der Waals surface area contributed by atoms with Crippen molar-refractivity contribution in [3.05, 3.63) is 90.9 Å². The molecular formula is C31H32N6O4. The van der Waals surface area contributed by atoms with Crippen LogP contribution in [0.3, 0.4) is 0 Å². The van der Waals surface area contributed by atoms with Gasteiger partial charge >= 0.3 is 6.09 Å². The van der Waals surface area contributed by atoms with E-state index in [0.29, 0.717) is 29.8 Å². The molecule has 1 saturated heterocycles. The Hall–Kier alpha value is -4.99. The number of rotatable bonds is 10. The molecule has 4 aromatic rings. The maximum Gasteiger partial charge on any atom is 0.415 e. The van der Waals surface area contributed by atoms with Gasteiger partial charge < -0.3 is 20.1 Å². The highest BCUT2D eigenvalue weighted by Gasteiger charge is 2.37. The molecule has 2 amide bonds. The molecule has 0 radical (unpaired) electrons. The molecule has 0 spiro atoms. The Kier molecular flexibility index (Phi) is 8.38. The molecule has 41 heavy (non-hydrogen) atoms. The minimum absolute atomic E-state index is 0.0630. The van der Waals surface area contributed by atoms with E-state index in [9.17, 15) is 9.59 Å². The third-order valence-electron chi connectivity index (χ3n) is 6.83. The molecule has 10 heteroatoms. The third-order valence-corrected chi connectivity index (χ3v) is 6.83. The summed E-state index contributed by atoms with van der Waals surface area (Å²) in [5, 5.41) is 6.17. The Balaban J connectivity index is 1.18. The summed E-state index contributed by atoms with van der Waals surface area (Å²) in [6, 6.07) is 20.9. The first-order chi connectivity index (χ1) is 19.9. The second-order valence-corrected chi connectivity index (χ2v) is 10.1. The fourth-order valence-electron chi connectivity index (χ4n) is 4.51. The van der Waals surface area contributed by atoms with E-state index in [2.05, 4.69) is 51.6 Å². The van der Waals surface area contributed by atoms with Crippen LogP contribution < -0.4 is 20.3 Å². The lowest BCUT2D eigenvalue weighted by molar-refractivity contribution is -0.118. The molecule has 3 heterocycles. The van der Waals surface area contributed by atoms with Crippen LogP contribution in [-0.4, -0.2) is 46.2 Å². The van der Waals surface area contributed by atoms with Crippen molar-refractivity contribution < 1.29 is 19.1 Å². The lowest BCUT2D eigenvalue weighted by Crippen LogP contribution is -2.37. The van der Waals surface area contributed by atoms with Gasteiger partial charge in [-0.2, -0.15) is 4.98 Å². The van der Waals surface area contributed by atoms with E-state index in [1.165, 1.54) is 0 Å². The van der Waals surface area contributed by atoms with Crippen LogP contribution in [0.1, 0.15) is 32.4 Å². The lowest BCUT2D eigenvalue weighted by atomic mass is 10.0. The Morgan fingerprint density at radius 3 is 2.44 bits per heavy atom. The maximum atomic E-state index is 12.3. The van der Waals surface area contributed by atoms with Gasteiger partial charge in [0, 0.05) is 18.1 Å². The standard InChI is InChI=1S/C31H32N6O4/c1-20(2)27-18-41-31(39)37(27)28-14-16-33-30(36-28)34-21(3)22-6-8-23(9-7-22)24-10-12-25(13-11-24)35-29(38)19-40-26-5-4-15-32-17-26/h4-17,20-21,27H,18-19H2,1-3H3,(H,35,38)(H,33,34,36)/t21-,27+/m0/s1. The second-order valence-electron chi connectivity index (χ2n) is 10.1. The Labute approximate surface area is 238 Å². The van der Waals surface area contributed by atoms with Gasteiger partial charge in [0.1, 0.15) is 18.2 Å². The molecule has 2 N–H and O–H groups in total. The number of hydrogen-bond donors (Lipinski definition) is 2. The normalized spacial score (nSPS) is 15.4. The van der Waals surface area contributed by atoms with Gasteiger partial charge in [-0.1, -0.05) is 50.2 Å². The average molecular weight is 553 g/mol. The first-order valence-corrected chi connectivity index (χ1v) is 13.5. The number of nitrogens with one attached hydrogen (secondary N) is 2.